The minimum Gasteiger partial charge on any atom is -0.391 e. The molecule has 1 aromatic rings. The van der Waals surface area contributed by atoms with Crippen LogP contribution in [0.1, 0.15) is 50.9 Å². The SMILES string of the molecule is CCCC(CCC)C(=O)N1C[C@@H](Cc2cc(C)[nH]n2)[C@H](O)C1. The minimum atomic E-state index is -0.440. The van der Waals surface area contributed by atoms with E-state index in [0.29, 0.717) is 13.1 Å². The quantitative estimate of drug-likeness (QED) is 0.812. The van der Waals surface area contributed by atoms with Crippen LogP contribution in [-0.2, 0) is 11.2 Å². The predicted octanol–water partition coefficient (Wildman–Crippen LogP) is 2.30. The van der Waals surface area contributed by atoms with Crippen LogP contribution in [0.4, 0.5) is 0 Å². The number of nitrogens with one attached hydrogen (secondary N) is 1. The van der Waals surface area contributed by atoms with Gasteiger partial charge in [0.25, 0.3) is 0 Å². The van der Waals surface area contributed by atoms with Crippen LogP contribution >= 0.6 is 0 Å². The highest BCUT2D eigenvalue weighted by Gasteiger charge is 2.36. The predicted molar refractivity (Wildman–Crippen MR) is 86.4 cm³/mol. The molecule has 2 heterocycles. The van der Waals surface area contributed by atoms with Gasteiger partial charge in [0.1, 0.15) is 0 Å². The summed E-state index contributed by atoms with van der Waals surface area (Å²) in [5.74, 6) is 0.438. The number of likely N-dealkylation sites (tertiary alicyclic amines) is 1. The van der Waals surface area contributed by atoms with Gasteiger partial charge < -0.3 is 10.0 Å². The number of nitrogens with zero attached hydrogens (tertiary/aromatic N) is 2. The van der Waals surface area contributed by atoms with Gasteiger partial charge in [0.05, 0.1) is 11.8 Å². The van der Waals surface area contributed by atoms with Gasteiger partial charge in [-0.3, -0.25) is 9.89 Å². The second kappa shape index (κ2) is 7.77. The summed E-state index contributed by atoms with van der Waals surface area (Å²) in [6.45, 7) is 7.33. The molecule has 1 amide bonds. The number of β-amino-alcohol motifs (C(OH)–C–C–N with tert-alkyl or cyclic N) is 1. The fourth-order valence-corrected chi connectivity index (χ4v) is 3.43. The zero-order valence-electron chi connectivity index (χ0n) is 14.0. The summed E-state index contributed by atoms with van der Waals surface area (Å²) in [7, 11) is 0. The van der Waals surface area contributed by atoms with Crippen LogP contribution in [0, 0.1) is 18.8 Å². The van der Waals surface area contributed by atoms with Gasteiger partial charge in [0.2, 0.25) is 5.91 Å². The maximum Gasteiger partial charge on any atom is 0.225 e. The number of hydrogen-bond donors (Lipinski definition) is 2. The Bertz CT molecular complexity index is 480. The molecule has 1 aromatic heterocycles. The number of aliphatic hydroxyl groups excluding tert-OH is 1. The van der Waals surface area contributed by atoms with Crippen molar-refractivity contribution >= 4 is 5.91 Å². The van der Waals surface area contributed by atoms with Gasteiger partial charge in [-0.2, -0.15) is 5.10 Å². The molecule has 2 N–H and O–H groups in total. The van der Waals surface area contributed by atoms with E-state index in [1.54, 1.807) is 0 Å². The zero-order valence-corrected chi connectivity index (χ0v) is 14.0. The molecular formula is C17H29N3O2. The van der Waals surface area contributed by atoms with Crippen molar-refractivity contribution in [3.05, 3.63) is 17.5 Å². The Morgan fingerprint density at radius 2 is 2.09 bits per heavy atom. The molecule has 1 saturated heterocycles. The highest BCUT2D eigenvalue weighted by molar-refractivity contribution is 5.79. The summed E-state index contributed by atoms with van der Waals surface area (Å²) in [6.07, 6.45) is 4.24. The summed E-state index contributed by atoms with van der Waals surface area (Å²) < 4.78 is 0. The molecule has 0 unspecified atom stereocenters. The van der Waals surface area contributed by atoms with E-state index in [-0.39, 0.29) is 17.7 Å². The fourth-order valence-electron chi connectivity index (χ4n) is 3.43. The van der Waals surface area contributed by atoms with E-state index in [1.165, 1.54) is 0 Å². The molecule has 0 radical (unpaired) electrons. The average molecular weight is 307 g/mol. The van der Waals surface area contributed by atoms with Crippen LogP contribution in [0.25, 0.3) is 0 Å². The van der Waals surface area contributed by atoms with Crippen molar-refractivity contribution < 1.29 is 9.90 Å². The minimum absolute atomic E-state index is 0.0931. The molecule has 1 fully saturated rings. The standard InChI is InChI=1S/C17H29N3O2/c1-4-6-13(7-5-2)17(22)20-10-14(16(21)11-20)9-15-8-12(3)18-19-15/h8,13-14,16,21H,4-7,9-11H2,1-3H3,(H,18,19)/t14-,16-/m1/s1. The summed E-state index contributed by atoms with van der Waals surface area (Å²) in [5, 5.41) is 17.5. The van der Waals surface area contributed by atoms with Crippen molar-refractivity contribution in [3.63, 3.8) is 0 Å². The summed E-state index contributed by atoms with van der Waals surface area (Å²) in [5.41, 5.74) is 2.00. The molecule has 5 heteroatoms. The van der Waals surface area contributed by atoms with Gasteiger partial charge >= 0.3 is 0 Å². The Kier molecular flexibility index (Phi) is 6.00. The second-order valence-electron chi connectivity index (χ2n) is 6.59. The van der Waals surface area contributed by atoms with Gasteiger partial charge in [-0.15, -0.1) is 0 Å². The van der Waals surface area contributed by atoms with Crippen LogP contribution in [0.5, 0.6) is 0 Å². The largest absolute Gasteiger partial charge is 0.391 e. The van der Waals surface area contributed by atoms with Gasteiger partial charge in [0, 0.05) is 30.6 Å². The number of aromatic nitrogens is 2. The number of hydrogen-bond acceptors (Lipinski definition) is 3. The second-order valence-corrected chi connectivity index (χ2v) is 6.59. The highest BCUT2D eigenvalue weighted by Crippen LogP contribution is 2.25. The monoisotopic (exact) mass is 307 g/mol. The molecule has 0 aliphatic carbocycles. The molecule has 124 valence electrons. The topological polar surface area (TPSA) is 69.2 Å². The third-order valence-electron chi connectivity index (χ3n) is 4.57. The lowest BCUT2D eigenvalue weighted by Crippen LogP contribution is -2.35. The van der Waals surface area contributed by atoms with Crippen molar-refractivity contribution in [1.82, 2.24) is 15.1 Å². The van der Waals surface area contributed by atoms with Crippen LogP contribution in [-0.4, -0.2) is 45.3 Å². The Balaban J connectivity index is 1.95. The lowest BCUT2D eigenvalue weighted by atomic mass is 9.96. The Morgan fingerprint density at radius 1 is 1.41 bits per heavy atom. The number of aliphatic hydroxyl groups is 1. The van der Waals surface area contributed by atoms with E-state index in [1.807, 2.05) is 17.9 Å². The maximum absolute atomic E-state index is 12.7. The molecule has 5 nitrogen and oxygen atoms in total. The molecule has 1 aliphatic rings. The van der Waals surface area contributed by atoms with Crippen LogP contribution in [0.3, 0.4) is 0 Å². The third-order valence-corrected chi connectivity index (χ3v) is 4.57. The highest BCUT2D eigenvalue weighted by atomic mass is 16.3. The zero-order chi connectivity index (χ0) is 16.1. The van der Waals surface area contributed by atoms with Crippen molar-refractivity contribution in [1.29, 1.82) is 0 Å². The van der Waals surface area contributed by atoms with E-state index in [4.69, 9.17) is 0 Å². The van der Waals surface area contributed by atoms with E-state index >= 15 is 0 Å². The Labute approximate surface area is 133 Å². The van der Waals surface area contributed by atoms with Crippen molar-refractivity contribution in [2.45, 2.75) is 59.0 Å². The maximum atomic E-state index is 12.7. The van der Waals surface area contributed by atoms with E-state index in [2.05, 4.69) is 24.0 Å². The summed E-state index contributed by atoms with van der Waals surface area (Å²) in [6, 6.07) is 2.01. The number of H-pyrrole nitrogens is 1. The molecule has 0 bridgehead atoms. The number of aromatic amines is 1. The smallest absolute Gasteiger partial charge is 0.225 e. The van der Waals surface area contributed by atoms with Gasteiger partial charge in [-0.25, -0.2) is 0 Å². The lowest BCUT2D eigenvalue weighted by molar-refractivity contribution is -0.135. The molecule has 2 atom stereocenters. The molecule has 0 saturated carbocycles. The van der Waals surface area contributed by atoms with Crippen molar-refractivity contribution in [3.8, 4) is 0 Å². The summed E-state index contributed by atoms with van der Waals surface area (Å²) in [4.78, 5) is 14.5. The molecule has 1 aliphatic heterocycles. The first kappa shape index (κ1) is 17.0. The van der Waals surface area contributed by atoms with Gasteiger partial charge in [-0.1, -0.05) is 26.7 Å². The molecular weight excluding hydrogens is 278 g/mol. The number of amides is 1. The molecule has 2 rings (SSSR count). The number of carbonyl (C=O) groups is 1. The lowest BCUT2D eigenvalue weighted by Gasteiger charge is -2.23. The van der Waals surface area contributed by atoms with Gasteiger partial charge in [-0.05, 0) is 32.3 Å². The van der Waals surface area contributed by atoms with Crippen molar-refractivity contribution in [2.75, 3.05) is 13.1 Å². The number of carbonyl (C=O) groups excluding carboxylic acids is 1. The van der Waals surface area contributed by atoms with Gasteiger partial charge in [0.15, 0.2) is 0 Å². The Morgan fingerprint density at radius 3 is 2.64 bits per heavy atom. The number of aryl methyl sites for hydroxylation is 1. The van der Waals surface area contributed by atoms with E-state index in [0.717, 1.165) is 43.5 Å². The summed E-state index contributed by atoms with van der Waals surface area (Å²) >= 11 is 0. The first-order valence-electron chi connectivity index (χ1n) is 8.52. The fraction of sp³-hybridized carbons (Fsp3) is 0.765. The van der Waals surface area contributed by atoms with Crippen LogP contribution < -0.4 is 0 Å². The first-order chi connectivity index (χ1) is 10.5. The molecule has 22 heavy (non-hydrogen) atoms. The average Bonchev–Trinajstić information content (AvgIpc) is 3.05. The van der Waals surface area contributed by atoms with E-state index < -0.39 is 6.10 Å². The molecule has 0 aromatic carbocycles. The van der Waals surface area contributed by atoms with Crippen LogP contribution in [0.15, 0.2) is 6.07 Å². The van der Waals surface area contributed by atoms with Crippen LogP contribution in [0.2, 0.25) is 0 Å². The normalized spacial score (nSPS) is 21.8. The molecule has 0 spiro atoms. The Hall–Kier alpha value is -1.36. The number of rotatable bonds is 7. The third kappa shape index (κ3) is 4.09. The first-order valence-corrected chi connectivity index (χ1v) is 8.52. The van der Waals surface area contributed by atoms with Crippen molar-refractivity contribution in [2.24, 2.45) is 11.8 Å². The van der Waals surface area contributed by atoms with E-state index in [9.17, 15) is 9.90 Å².